The number of fused-ring (bicyclic) bond motifs is 2. The highest BCUT2D eigenvalue weighted by Crippen LogP contribution is 2.61. The van der Waals surface area contributed by atoms with Crippen molar-refractivity contribution in [1.82, 2.24) is 10.2 Å². The van der Waals surface area contributed by atoms with Crippen LogP contribution in [0.3, 0.4) is 0 Å². The van der Waals surface area contributed by atoms with Crippen molar-refractivity contribution in [2.24, 2.45) is 5.92 Å². The number of anilines is 3. The third-order valence-electron chi connectivity index (χ3n) is 13.2. The van der Waals surface area contributed by atoms with E-state index >= 15 is 8.90 Å². The summed E-state index contributed by atoms with van der Waals surface area (Å²) in [5.74, 6) is -0.997. The Labute approximate surface area is 332 Å². The molecule has 0 saturated carbocycles. The van der Waals surface area contributed by atoms with Crippen molar-refractivity contribution in [2.45, 2.75) is 115 Å². The van der Waals surface area contributed by atoms with E-state index in [2.05, 4.69) is 43.1 Å². The lowest BCUT2D eigenvalue weighted by Crippen LogP contribution is -2.55. The molecule has 302 valence electrons. The number of benzene rings is 2. The molecule has 0 unspecified atom stereocenters. The number of nitrogens with one attached hydrogen (secondary N) is 1. The second kappa shape index (κ2) is 15.8. The summed E-state index contributed by atoms with van der Waals surface area (Å²) < 4.78 is 23.7. The Morgan fingerprint density at radius 3 is 2.45 bits per heavy atom. The van der Waals surface area contributed by atoms with E-state index in [1.54, 1.807) is 22.9 Å². The van der Waals surface area contributed by atoms with Crippen molar-refractivity contribution in [3.63, 3.8) is 0 Å². The van der Waals surface area contributed by atoms with Gasteiger partial charge in [-0.25, -0.2) is 0 Å². The summed E-state index contributed by atoms with van der Waals surface area (Å²) in [7, 11) is -3.54. The molecule has 4 fully saturated rings. The Bertz CT molecular complexity index is 1870. The second-order valence-electron chi connectivity index (χ2n) is 17.4. The number of rotatable bonds is 11. The molecule has 10 nitrogen and oxygen atoms in total. The first kappa shape index (κ1) is 40.4. The highest BCUT2D eigenvalue weighted by atomic mass is 28.4. The lowest BCUT2D eigenvalue weighted by atomic mass is 9.82. The van der Waals surface area contributed by atoms with Gasteiger partial charge in [-0.15, -0.1) is 0 Å². The van der Waals surface area contributed by atoms with Crippen molar-refractivity contribution in [3.8, 4) is 0 Å². The highest BCUT2D eigenvalue weighted by molar-refractivity contribution is 6.72. The number of piperidine rings is 1. The number of likely N-dealkylation sites (tertiary alicyclic amines) is 1. The van der Waals surface area contributed by atoms with Gasteiger partial charge in [0.15, 0.2) is 5.60 Å². The van der Waals surface area contributed by atoms with Gasteiger partial charge in [-0.3, -0.25) is 19.3 Å². The SMILES string of the molecule is CC(C)=CCC/C(C)=C/CN1C(=O)[C@]2(O[C@H](CC(=O)N3CCC[C@H]3CO)[C@@H]([Si](C)(C)F)[C@@H]2C)c2cc(N3CN(c4ccccc4)C4(CCNCC4)C3=O)ccc21. The van der Waals surface area contributed by atoms with E-state index in [1.807, 2.05) is 60.4 Å². The fraction of sp³-hybridized carbons (Fsp3) is 0.568. The van der Waals surface area contributed by atoms with Gasteiger partial charge in [0.1, 0.15) is 5.54 Å². The van der Waals surface area contributed by atoms with E-state index in [9.17, 15) is 14.7 Å². The summed E-state index contributed by atoms with van der Waals surface area (Å²) in [6, 6.07) is 15.6. The number of aliphatic hydroxyl groups excluding tert-OH is 1. The van der Waals surface area contributed by atoms with Gasteiger partial charge in [0, 0.05) is 41.5 Å². The predicted molar refractivity (Wildman–Crippen MR) is 222 cm³/mol. The van der Waals surface area contributed by atoms with Gasteiger partial charge in [0.2, 0.25) is 14.3 Å². The molecule has 5 aliphatic rings. The number of ether oxygens (including phenoxy) is 1. The molecule has 5 heterocycles. The Morgan fingerprint density at radius 2 is 1.77 bits per heavy atom. The molecule has 5 atom stereocenters. The van der Waals surface area contributed by atoms with Crippen molar-refractivity contribution in [3.05, 3.63) is 77.4 Å². The van der Waals surface area contributed by atoms with Crippen LogP contribution in [-0.2, 0) is 24.7 Å². The number of aliphatic hydroxyl groups is 1. The zero-order valence-corrected chi connectivity index (χ0v) is 35.0. The van der Waals surface area contributed by atoms with Crippen molar-refractivity contribution in [1.29, 1.82) is 0 Å². The molecular formula is C44H60FN5O5Si. The summed E-state index contributed by atoms with van der Waals surface area (Å²) in [6.45, 7) is 14.0. The number of hydrogen-bond donors (Lipinski definition) is 2. The monoisotopic (exact) mass is 785 g/mol. The molecule has 0 radical (unpaired) electrons. The van der Waals surface area contributed by atoms with E-state index in [-0.39, 0.29) is 36.8 Å². The minimum absolute atomic E-state index is 0.0241. The molecule has 0 aliphatic carbocycles. The number of carbonyl (C=O) groups excluding carboxylic acids is 3. The lowest BCUT2D eigenvalue weighted by Gasteiger charge is -2.39. The smallest absolute Gasteiger partial charge is 0.264 e. The lowest BCUT2D eigenvalue weighted by molar-refractivity contribution is -0.149. The van der Waals surface area contributed by atoms with Crippen LogP contribution in [0.4, 0.5) is 21.2 Å². The molecule has 7 rings (SSSR count). The summed E-state index contributed by atoms with van der Waals surface area (Å²) in [4.78, 5) is 51.3. The van der Waals surface area contributed by atoms with Crippen LogP contribution in [0.5, 0.6) is 0 Å². The van der Waals surface area contributed by atoms with Crippen molar-refractivity contribution < 1.29 is 28.3 Å². The maximum atomic E-state index is 16.7. The molecule has 4 saturated heterocycles. The standard InChI is InChI=1S/C44H60FN5O5Si/c1-30(2)12-10-13-31(3)19-25-48-37-18-17-34(49-29-50(33-14-8-7-9-15-33)43(41(49)53)20-22-46-23-21-43)26-36(37)44(42(48)54)32(4)40(56(5,6)45)38(55-44)27-39(52)47-24-11-16-35(47)28-51/h7-9,12,14-15,17-19,26,32,35,38,40,46,51H,10-11,13,16,20-25,27-29H2,1-6H3/b31-19+/t32-,35-,38+,40-,44+/m0/s1. The number of hydrogen-bond acceptors (Lipinski definition) is 7. The molecule has 2 aromatic carbocycles. The average molecular weight is 786 g/mol. The molecular weight excluding hydrogens is 726 g/mol. The molecule has 12 heteroatoms. The van der Waals surface area contributed by atoms with Crippen molar-refractivity contribution in [2.75, 3.05) is 54.2 Å². The second-order valence-corrected chi connectivity index (χ2v) is 21.2. The normalized spacial score (nSPS) is 27.6. The predicted octanol–water partition coefficient (Wildman–Crippen LogP) is 6.81. The van der Waals surface area contributed by atoms with Crippen LogP contribution in [0.1, 0.15) is 78.2 Å². The first-order chi connectivity index (χ1) is 26.7. The van der Waals surface area contributed by atoms with Gasteiger partial charge in [-0.2, -0.15) is 0 Å². The van der Waals surface area contributed by atoms with Crippen LogP contribution >= 0.6 is 0 Å². The third-order valence-corrected chi connectivity index (χ3v) is 15.7. The van der Waals surface area contributed by atoms with Crippen LogP contribution in [0, 0.1) is 5.92 Å². The highest BCUT2D eigenvalue weighted by Gasteiger charge is 2.67. The number of nitrogens with zero attached hydrogens (tertiary/aromatic N) is 4. The molecule has 56 heavy (non-hydrogen) atoms. The van der Waals surface area contributed by atoms with Gasteiger partial charge >= 0.3 is 0 Å². The Balaban J connectivity index is 1.29. The fourth-order valence-electron chi connectivity index (χ4n) is 10.3. The first-order valence-corrected chi connectivity index (χ1v) is 23.6. The Hall–Kier alpha value is -3.84. The third kappa shape index (κ3) is 7.05. The first-order valence-electron chi connectivity index (χ1n) is 20.6. The number of halogens is 1. The molecule has 2 N–H and O–H groups in total. The molecule has 2 spiro atoms. The Kier molecular flexibility index (Phi) is 11.4. The average Bonchev–Trinajstić information content (AvgIpc) is 3.90. The molecule has 3 amide bonds. The minimum Gasteiger partial charge on any atom is -0.394 e. The van der Waals surface area contributed by atoms with Crippen LogP contribution in [0.15, 0.2) is 71.8 Å². The van der Waals surface area contributed by atoms with Crippen LogP contribution in [0.2, 0.25) is 18.6 Å². The zero-order valence-electron chi connectivity index (χ0n) is 34.0. The molecule has 5 aliphatic heterocycles. The van der Waals surface area contributed by atoms with Crippen LogP contribution in [-0.4, -0.2) is 93.3 Å². The van der Waals surface area contributed by atoms with Crippen molar-refractivity contribution >= 4 is 43.2 Å². The van der Waals surface area contributed by atoms with Crippen LogP contribution in [0.25, 0.3) is 0 Å². The minimum atomic E-state index is -3.54. The number of para-hydroxylation sites is 1. The number of carbonyl (C=O) groups is 3. The van der Waals surface area contributed by atoms with Crippen LogP contribution < -0.4 is 20.0 Å². The van der Waals surface area contributed by atoms with E-state index < -0.39 is 37.1 Å². The number of amides is 3. The largest absolute Gasteiger partial charge is 0.394 e. The maximum Gasteiger partial charge on any atom is 0.264 e. The van der Waals surface area contributed by atoms with E-state index in [0.717, 1.165) is 50.0 Å². The van der Waals surface area contributed by atoms with Gasteiger partial charge in [-0.1, -0.05) is 48.4 Å². The maximum absolute atomic E-state index is 16.7. The quantitative estimate of drug-likeness (QED) is 0.147. The van der Waals surface area contributed by atoms with Gasteiger partial charge < -0.3 is 34.0 Å². The fourth-order valence-corrected chi connectivity index (χ4v) is 12.8. The summed E-state index contributed by atoms with van der Waals surface area (Å²) >= 11 is 0. The van der Waals surface area contributed by atoms with Gasteiger partial charge in [-0.05, 0) is 116 Å². The summed E-state index contributed by atoms with van der Waals surface area (Å²) in [5, 5.41) is 13.4. The summed E-state index contributed by atoms with van der Waals surface area (Å²) in [5.41, 5.74) is 2.48. The molecule has 0 bridgehead atoms. The number of allylic oxidation sites excluding steroid dienone is 3. The van der Waals surface area contributed by atoms with E-state index in [0.29, 0.717) is 49.5 Å². The summed E-state index contributed by atoms with van der Waals surface area (Å²) in [6.07, 6.45) is 8.03. The molecule has 0 aromatic heterocycles. The topological polar surface area (TPSA) is 106 Å². The zero-order chi connectivity index (χ0) is 40.0. The van der Waals surface area contributed by atoms with E-state index in [1.165, 1.54) is 5.57 Å². The molecule has 2 aromatic rings. The van der Waals surface area contributed by atoms with E-state index in [4.69, 9.17) is 4.74 Å². The van der Waals surface area contributed by atoms with Gasteiger partial charge in [0.25, 0.3) is 11.8 Å². The Morgan fingerprint density at radius 1 is 1.04 bits per heavy atom. The van der Waals surface area contributed by atoms with Gasteiger partial charge in [0.05, 0.1) is 37.5 Å².